The van der Waals surface area contributed by atoms with E-state index in [0.717, 1.165) is 26.2 Å². The van der Waals surface area contributed by atoms with E-state index in [4.69, 9.17) is 0 Å². The molecular formula is C10H18N2O. The van der Waals surface area contributed by atoms with Gasteiger partial charge in [-0.3, -0.25) is 4.79 Å². The van der Waals surface area contributed by atoms with Crippen LogP contribution in [0, 0.1) is 11.3 Å². The Morgan fingerprint density at radius 1 is 1.54 bits per heavy atom. The third kappa shape index (κ3) is 1.46. The zero-order valence-electron chi connectivity index (χ0n) is 8.47. The predicted molar refractivity (Wildman–Crippen MR) is 51.3 cm³/mol. The van der Waals surface area contributed by atoms with Crippen molar-refractivity contribution >= 4 is 5.91 Å². The number of nitrogens with zero attached hydrogens (tertiary/aromatic N) is 1. The van der Waals surface area contributed by atoms with Crippen LogP contribution in [0.2, 0.25) is 0 Å². The molecule has 3 heteroatoms. The van der Waals surface area contributed by atoms with Crippen LogP contribution in [0.25, 0.3) is 0 Å². The summed E-state index contributed by atoms with van der Waals surface area (Å²) in [7, 11) is 0. The van der Waals surface area contributed by atoms with Crippen LogP contribution in [0.3, 0.4) is 0 Å². The fraction of sp³-hybridized carbons (Fsp3) is 0.900. The second-order valence-electron chi connectivity index (χ2n) is 4.71. The van der Waals surface area contributed by atoms with Crippen LogP contribution < -0.4 is 5.32 Å². The molecule has 2 fully saturated rings. The quantitative estimate of drug-likeness (QED) is 0.673. The fourth-order valence-corrected chi connectivity index (χ4v) is 1.98. The Morgan fingerprint density at radius 2 is 2.15 bits per heavy atom. The molecule has 2 heterocycles. The average Bonchev–Trinajstić information content (AvgIpc) is 1.95. The molecule has 2 aliphatic heterocycles. The minimum atomic E-state index is 0.279. The summed E-state index contributed by atoms with van der Waals surface area (Å²) in [6.45, 7) is 8.18. The first-order valence-corrected chi connectivity index (χ1v) is 5.14. The van der Waals surface area contributed by atoms with Gasteiger partial charge in [-0.1, -0.05) is 13.8 Å². The van der Waals surface area contributed by atoms with E-state index in [-0.39, 0.29) is 5.92 Å². The Bertz CT molecular complexity index is 217. The number of rotatable bonds is 2. The van der Waals surface area contributed by atoms with Crippen molar-refractivity contribution in [3.63, 3.8) is 0 Å². The van der Waals surface area contributed by atoms with Gasteiger partial charge in [0.15, 0.2) is 0 Å². The summed E-state index contributed by atoms with van der Waals surface area (Å²) in [5.41, 5.74) is 0.410. The van der Waals surface area contributed by atoms with Crippen LogP contribution in [-0.2, 0) is 4.79 Å². The molecule has 0 atom stereocenters. The summed E-state index contributed by atoms with van der Waals surface area (Å²) < 4.78 is 0. The number of amides is 1. The molecule has 0 unspecified atom stereocenters. The van der Waals surface area contributed by atoms with Crippen molar-refractivity contribution in [1.82, 2.24) is 10.2 Å². The first-order chi connectivity index (χ1) is 6.14. The highest BCUT2D eigenvalue weighted by Gasteiger charge is 2.42. The highest BCUT2D eigenvalue weighted by Crippen LogP contribution is 2.34. The summed E-state index contributed by atoms with van der Waals surface area (Å²) in [6.07, 6.45) is 1.18. The van der Waals surface area contributed by atoms with E-state index in [9.17, 15) is 4.79 Å². The lowest BCUT2D eigenvalue weighted by Crippen LogP contribution is -2.62. The predicted octanol–water partition coefficient (Wildman–Crippen LogP) is 0.464. The van der Waals surface area contributed by atoms with Crippen molar-refractivity contribution in [3.05, 3.63) is 0 Å². The van der Waals surface area contributed by atoms with Crippen LogP contribution in [-0.4, -0.2) is 37.0 Å². The van der Waals surface area contributed by atoms with Crippen LogP contribution in [0.4, 0.5) is 0 Å². The molecule has 13 heavy (non-hydrogen) atoms. The van der Waals surface area contributed by atoms with Crippen LogP contribution in [0.1, 0.15) is 20.3 Å². The van der Waals surface area contributed by atoms with Gasteiger partial charge in [-0.05, 0) is 6.42 Å². The maximum Gasteiger partial charge on any atom is 0.228 e. The summed E-state index contributed by atoms with van der Waals surface area (Å²) in [6, 6.07) is 0. The average molecular weight is 182 g/mol. The van der Waals surface area contributed by atoms with E-state index in [2.05, 4.69) is 19.2 Å². The van der Waals surface area contributed by atoms with Gasteiger partial charge in [0.1, 0.15) is 0 Å². The first kappa shape index (κ1) is 9.00. The van der Waals surface area contributed by atoms with E-state index in [1.807, 2.05) is 4.90 Å². The van der Waals surface area contributed by atoms with E-state index < -0.39 is 0 Å². The molecule has 3 nitrogen and oxygen atoms in total. The van der Waals surface area contributed by atoms with Crippen molar-refractivity contribution < 1.29 is 4.79 Å². The molecule has 0 spiro atoms. The van der Waals surface area contributed by atoms with Gasteiger partial charge in [0.25, 0.3) is 0 Å². The summed E-state index contributed by atoms with van der Waals surface area (Å²) in [5, 5.41) is 3.13. The Labute approximate surface area is 79.5 Å². The zero-order chi connectivity index (χ0) is 9.47. The van der Waals surface area contributed by atoms with E-state index in [1.54, 1.807) is 0 Å². The number of hydrogen-bond donors (Lipinski definition) is 1. The van der Waals surface area contributed by atoms with Gasteiger partial charge >= 0.3 is 0 Å². The van der Waals surface area contributed by atoms with Gasteiger partial charge in [-0.25, -0.2) is 0 Å². The largest absolute Gasteiger partial charge is 0.341 e. The van der Waals surface area contributed by atoms with Gasteiger partial charge < -0.3 is 10.2 Å². The third-order valence-corrected chi connectivity index (χ3v) is 3.44. The lowest BCUT2D eigenvalue weighted by atomic mass is 9.78. The van der Waals surface area contributed by atoms with Crippen LogP contribution in [0.5, 0.6) is 0 Å². The third-order valence-electron chi connectivity index (χ3n) is 3.44. The number of carbonyl (C=O) groups is 1. The molecular weight excluding hydrogens is 164 g/mol. The molecule has 0 aliphatic carbocycles. The molecule has 0 aromatic rings. The van der Waals surface area contributed by atoms with Gasteiger partial charge in [-0.2, -0.15) is 0 Å². The van der Waals surface area contributed by atoms with Gasteiger partial charge in [-0.15, -0.1) is 0 Å². The van der Waals surface area contributed by atoms with E-state index in [1.165, 1.54) is 6.42 Å². The van der Waals surface area contributed by atoms with Crippen LogP contribution >= 0.6 is 0 Å². The normalized spacial score (nSPS) is 26.5. The Balaban J connectivity index is 1.82. The highest BCUT2D eigenvalue weighted by atomic mass is 16.2. The Morgan fingerprint density at radius 3 is 2.54 bits per heavy atom. The number of likely N-dealkylation sites (tertiary alicyclic amines) is 1. The molecule has 0 aromatic carbocycles. The Kier molecular flexibility index (Phi) is 2.06. The zero-order valence-corrected chi connectivity index (χ0v) is 8.47. The molecule has 2 aliphatic rings. The topological polar surface area (TPSA) is 32.3 Å². The summed E-state index contributed by atoms with van der Waals surface area (Å²) >= 11 is 0. The lowest BCUT2D eigenvalue weighted by molar-refractivity contribution is -0.148. The smallest absolute Gasteiger partial charge is 0.228 e. The molecule has 0 bridgehead atoms. The molecule has 0 saturated carbocycles. The second kappa shape index (κ2) is 2.98. The first-order valence-electron chi connectivity index (χ1n) is 5.14. The van der Waals surface area contributed by atoms with Crippen molar-refractivity contribution in [2.24, 2.45) is 11.3 Å². The monoisotopic (exact) mass is 182 g/mol. The summed E-state index contributed by atoms with van der Waals surface area (Å²) in [5.74, 6) is 0.645. The van der Waals surface area contributed by atoms with E-state index >= 15 is 0 Å². The van der Waals surface area contributed by atoms with Crippen LogP contribution in [0.15, 0.2) is 0 Å². The fourth-order valence-electron chi connectivity index (χ4n) is 1.98. The highest BCUT2D eigenvalue weighted by molar-refractivity contribution is 5.81. The van der Waals surface area contributed by atoms with E-state index in [0.29, 0.717) is 11.3 Å². The van der Waals surface area contributed by atoms with Gasteiger partial charge in [0.2, 0.25) is 5.91 Å². The molecule has 2 saturated heterocycles. The molecule has 1 N–H and O–H groups in total. The van der Waals surface area contributed by atoms with Crippen molar-refractivity contribution in [2.45, 2.75) is 20.3 Å². The standard InChI is InChI=1S/C10H18N2O/c1-3-10(2)6-12(7-10)9(13)8-4-11-5-8/h8,11H,3-7H2,1-2H3. The maximum atomic E-state index is 11.7. The van der Waals surface area contributed by atoms with Gasteiger partial charge in [0.05, 0.1) is 5.92 Å². The second-order valence-corrected chi connectivity index (χ2v) is 4.71. The van der Waals surface area contributed by atoms with Crippen molar-refractivity contribution in [1.29, 1.82) is 0 Å². The van der Waals surface area contributed by atoms with Gasteiger partial charge in [0, 0.05) is 31.6 Å². The minimum Gasteiger partial charge on any atom is -0.341 e. The SMILES string of the molecule is CCC1(C)CN(C(=O)C2CNC2)C1. The summed E-state index contributed by atoms with van der Waals surface area (Å²) in [4.78, 5) is 13.7. The molecule has 0 radical (unpaired) electrons. The van der Waals surface area contributed by atoms with Crippen molar-refractivity contribution in [2.75, 3.05) is 26.2 Å². The molecule has 1 amide bonds. The maximum absolute atomic E-state index is 11.7. The molecule has 74 valence electrons. The van der Waals surface area contributed by atoms with Crippen molar-refractivity contribution in [3.8, 4) is 0 Å². The minimum absolute atomic E-state index is 0.279. The lowest BCUT2D eigenvalue weighted by Gasteiger charge is -2.49. The number of hydrogen-bond acceptors (Lipinski definition) is 2. The number of nitrogens with one attached hydrogen (secondary N) is 1. The molecule has 2 rings (SSSR count). The Hall–Kier alpha value is -0.570. The molecule has 0 aromatic heterocycles. The number of carbonyl (C=O) groups excluding carboxylic acids is 1.